The van der Waals surface area contributed by atoms with Gasteiger partial charge in [0.1, 0.15) is 5.82 Å². The molecule has 1 aromatic rings. The molecule has 0 aliphatic heterocycles. The lowest BCUT2D eigenvalue weighted by Crippen LogP contribution is -2.32. The number of carbonyl (C=O) groups excluding carboxylic acids is 1. The number of nitrogens with one attached hydrogen (secondary N) is 1. The highest BCUT2D eigenvalue weighted by Gasteiger charge is 2.12. The van der Waals surface area contributed by atoms with Crippen LogP contribution in [0.2, 0.25) is 0 Å². The number of carbonyl (C=O) groups is 1. The van der Waals surface area contributed by atoms with Crippen molar-refractivity contribution in [2.75, 3.05) is 20.3 Å². The summed E-state index contributed by atoms with van der Waals surface area (Å²) in [7, 11) is 1.54. The Hall–Kier alpha value is -0.400. The maximum Gasteiger partial charge on any atom is 0.252 e. The van der Waals surface area contributed by atoms with E-state index in [-0.39, 0.29) is 17.1 Å². The van der Waals surface area contributed by atoms with Crippen LogP contribution in [0.4, 0.5) is 4.39 Å². The Morgan fingerprint density at radius 1 is 1.65 bits per heavy atom. The maximum absolute atomic E-state index is 12.9. The molecule has 0 aromatic heterocycles. The lowest BCUT2D eigenvalue weighted by atomic mass is 10.2. The molecule has 17 heavy (non-hydrogen) atoms. The zero-order chi connectivity index (χ0) is 12.8. The molecule has 1 N–H and O–H groups in total. The SMILES string of the molecule is COCC(Cl)CNC(=O)c1ccc(F)cc1I. The van der Waals surface area contributed by atoms with Crippen LogP contribution in [-0.2, 0) is 4.74 Å². The van der Waals surface area contributed by atoms with Crippen LogP contribution in [0.5, 0.6) is 0 Å². The van der Waals surface area contributed by atoms with Gasteiger partial charge in [0.15, 0.2) is 0 Å². The van der Waals surface area contributed by atoms with E-state index in [1.54, 1.807) is 7.11 Å². The number of hydrogen-bond donors (Lipinski definition) is 1. The Balaban J connectivity index is 2.58. The molecule has 6 heteroatoms. The second kappa shape index (κ2) is 7.13. The number of amides is 1. The second-order valence-electron chi connectivity index (χ2n) is 3.39. The molecule has 1 rings (SSSR count). The number of methoxy groups -OCH3 is 1. The lowest BCUT2D eigenvalue weighted by Gasteiger charge is -2.10. The van der Waals surface area contributed by atoms with E-state index < -0.39 is 0 Å². The number of rotatable bonds is 5. The van der Waals surface area contributed by atoms with Crippen molar-refractivity contribution >= 4 is 40.1 Å². The van der Waals surface area contributed by atoms with Crippen LogP contribution in [-0.4, -0.2) is 31.5 Å². The summed E-state index contributed by atoms with van der Waals surface area (Å²) < 4.78 is 18.3. The van der Waals surface area contributed by atoms with Gasteiger partial charge in [-0.25, -0.2) is 4.39 Å². The number of ether oxygens (including phenoxy) is 1. The third kappa shape index (κ3) is 4.77. The first-order chi connectivity index (χ1) is 8.04. The standard InChI is InChI=1S/C11H12ClFINO2/c1-17-6-7(12)5-15-11(16)9-3-2-8(13)4-10(9)14/h2-4,7H,5-6H2,1H3,(H,15,16). The van der Waals surface area contributed by atoms with Crippen molar-refractivity contribution in [2.45, 2.75) is 5.38 Å². The minimum absolute atomic E-state index is 0.267. The minimum atomic E-state index is -0.361. The number of alkyl halides is 1. The van der Waals surface area contributed by atoms with Gasteiger partial charge >= 0.3 is 0 Å². The molecule has 0 bridgehead atoms. The van der Waals surface area contributed by atoms with Crippen LogP contribution in [0, 0.1) is 9.39 Å². The summed E-state index contributed by atoms with van der Waals surface area (Å²) in [4.78, 5) is 11.7. The van der Waals surface area contributed by atoms with Crippen molar-refractivity contribution in [1.29, 1.82) is 0 Å². The van der Waals surface area contributed by atoms with Crippen molar-refractivity contribution in [1.82, 2.24) is 5.32 Å². The predicted octanol–water partition coefficient (Wildman–Crippen LogP) is 2.41. The Kier molecular flexibility index (Phi) is 6.15. The van der Waals surface area contributed by atoms with E-state index in [1.807, 2.05) is 22.6 Å². The predicted molar refractivity (Wildman–Crippen MR) is 73.0 cm³/mol. The molecule has 0 aliphatic rings. The summed E-state index contributed by atoms with van der Waals surface area (Å²) in [6.45, 7) is 0.671. The Bertz CT molecular complexity index is 403. The fourth-order valence-electron chi connectivity index (χ4n) is 1.21. The lowest BCUT2D eigenvalue weighted by molar-refractivity contribution is 0.0948. The molecule has 0 saturated heterocycles. The van der Waals surface area contributed by atoms with Gasteiger partial charge in [-0.15, -0.1) is 11.6 Å². The van der Waals surface area contributed by atoms with Gasteiger partial charge in [0.2, 0.25) is 0 Å². The third-order valence-corrected chi connectivity index (χ3v) is 3.18. The summed E-state index contributed by atoms with van der Waals surface area (Å²) in [5.74, 6) is -0.628. The summed E-state index contributed by atoms with van der Waals surface area (Å²) >= 11 is 7.79. The van der Waals surface area contributed by atoms with Crippen LogP contribution in [0.15, 0.2) is 18.2 Å². The second-order valence-corrected chi connectivity index (χ2v) is 5.17. The maximum atomic E-state index is 12.9. The monoisotopic (exact) mass is 371 g/mol. The summed E-state index contributed by atoms with van der Waals surface area (Å²) in [5.41, 5.74) is 0.438. The van der Waals surface area contributed by atoms with Gasteiger partial charge < -0.3 is 10.1 Å². The van der Waals surface area contributed by atoms with Crippen LogP contribution >= 0.6 is 34.2 Å². The van der Waals surface area contributed by atoms with Crippen LogP contribution < -0.4 is 5.32 Å². The van der Waals surface area contributed by atoms with Crippen LogP contribution in [0.3, 0.4) is 0 Å². The van der Waals surface area contributed by atoms with E-state index in [4.69, 9.17) is 16.3 Å². The molecule has 3 nitrogen and oxygen atoms in total. The van der Waals surface area contributed by atoms with Gasteiger partial charge in [0.25, 0.3) is 5.91 Å². The van der Waals surface area contributed by atoms with Crippen molar-refractivity contribution in [3.8, 4) is 0 Å². The molecule has 1 amide bonds. The highest BCUT2D eigenvalue weighted by molar-refractivity contribution is 14.1. The van der Waals surface area contributed by atoms with E-state index in [0.717, 1.165) is 0 Å². The molecule has 0 aliphatic carbocycles. The molecule has 1 atom stereocenters. The van der Waals surface area contributed by atoms with E-state index in [1.165, 1.54) is 18.2 Å². The highest BCUT2D eigenvalue weighted by Crippen LogP contribution is 2.13. The molecule has 0 fully saturated rings. The largest absolute Gasteiger partial charge is 0.383 e. The topological polar surface area (TPSA) is 38.3 Å². The normalized spacial score (nSPS) is 12.2. The zero-order valence-electron chi connectivity index (χ0n) is 9.17. The first kappa shape index (κ1) is 14.7. The highest BCUT2D eigenvalue weighted by atomic mass is 127. The van der Waals surface area contributed by atoms with Crippen molar-refractivity contribution in [3.05, 3.63) is 33.1 Å². The van der Waals surface area contributed by atoms with Gasteiger partial charge in [0, 0.05) is 17.2 Å². The number of hydrogen-bond acceptors (Lipinski definition) is 2. The molecule has 0 spiro atoms. The van der Waals surface area contributed by atoms with Crippen LogP contribution in [0.1, 0.15) is 10.4 Å². The average Bonchev–Trinajstić information content (AvgIpc) is 2.26. The number of halogens is 3. The summed E-state index contributed by atoms with van der Waals surface area (Å²) in [6.07, 6.45) is 0. The third-order valence-electron chi connectivity index (χ3n) is 2.01. The molecule has 0 heterocycles. The zero-order valence-corrected chi connectivity index (χ0v) is 12.1. The first-order valence-corrected chi connectivity index (χ1v) is 6.42. The fraction of sp³-hybridized carbons (Fsp3) is 0.364. The molecule has 1 aromatic carbocycles. The van der Waals surface area contributed by atoms with E-state index in [9.17, 15) is 9.18 Å². The first-order valence-electron chi connectivity index (χ1n) is 4.91. The quantitative estimate of drug-likeness (QED) is 0.638. The van der Waals surface area contributed by atoms with Crippen LogP contribution in [0.25, 0.3) is 0 Å². The van der Waals surface area contributed by atoms with Gasteiger partial charge in [-0.3, -0.25) is 4.79 Å². The molecule has 0 saturated carbocycles. The Labute approximate surface area is 118 Å². The molecular formula is C11H12ClFINO2. The Morgan fingerprint density at radius 2 is 2.35 bits per heavy atom. The summed E-state index contributed by atoms with van der Waals surface area (Å²) in [6, 6.07) is 4.01. The van der Waals surface area contributed by atoms with Gasteiger partial charge in [-0.2, -0.15) is 0 Å². The van der Waals surface area contributed by atoms with Crippen molar-refractivity contribution in [2.24, 2.45) is 0 Å². The van der Waals surface area contributed by atoms with Crippen molar-refractivity contribution < 1.29 is 13.9 Å². The van der Waals surface area contributed by atoms with Crippen molar-refractivity contribution in [3.63, 3.8) is 0 Å². The average molecular weight is 372 g/mol. The summed E-state index contributed by atoms with van der Waals surface area (Å²) in [5, 5.41) is 2.39. The van der Waals surface area contributed by atoms with Gasteiger partial charge in [-0.1, -0.05) is 0 Å². The van der Waals surface area contributed by atoms with Gasteiger partial charge in [-0.05, 0) is 40.8 Å². The smallest absolute Gasteiger partial charge is 0.252 e. The molecule has 1 unspecified atom stereocenters. The number of benzene rings is 1. The molecule has 0 radical (unpaired) electrons. The molecule has 94 valence electrons. The van der Waals surface area contributed by atoms with E-state index in [0.29, 0.717) is 22.3 Å². The molecular weight excluding hydrogens is 359 g/mol. The van der Waals surface area contributed by atoms with Gasteiger partial charge in [0.05, 0.1) is 17.5 Å². The fourth-order valence-corrected chi connectivity index (χ4v) is 2.14. The van der Waals surface area contributed by atoms with E-state index in [2.05, 4.69) is 5.32 Å². The minimum Gasteiger partial charge on any atom is -0.383 e. The van der Waals surface area contributed by atoms with E-state index >= 15 is 0 Å². The Morgan fingerprint density at radius 3 is 2.94 bits per heavy atom.